The first-order valence-corrected chi connectivity index (χ1v) is 8.97. The van der Waals surface area contributed by atoms with E-state index >= 15 is 0 Å². The lowest BCUT2D eigenvalue weighted by molar-refractivity contribution is 0.0906. The topological polar surface area (TPSA) is 65.4 Å². The van der Waals surface area contributed by atoms with Crippen LogP contribution in [0.3, 0.4) is 0 Å². The van der Waals surface area contributed by atoms with Crippen molar-refractivity contribution in [2.75, 3.05) is 13.2 Å². The highest BCUT2D eigenvalue weighted by molar-refractivity contribution is 5.92. The minimum Gasteiger partial charge on any atom is -0.486 e. The lowest BCUT2D eigenvalue weighted by Crippen LogP contribution is -2.41. The molecule has 0 bridgehead atoms. The largest absolute Gasteiger partial charge is 0.486 e. The second-order valence-electron chi connectivity index (χ2n) is 7.06. The van der Waals surface area contributed by atoms with Gasteiger partial charge in [0, 0.05) is 6.20 Å². The Morgan fingerprint density at radius 1 is 1.11 bits per heavy atom. The first kappa shape index (κ1) is 18.0. The van der Waals surface area contributed by atoms with Gasteiger partial charge in [-0.25, -0.2) is 9.07 Å². The third-order valence-corrected chi connectivity index (χ3v) is 4.58. The van der Waals surface area contributed by atoms with E-state index in [0.29, 0.717) is 30.4 Å². The van der Waals surface area contributed by atoms with E-state index < -0.39 is 5.54 Å². The third-order valence-electron chi connectivity index (χ3n) is 4.58. The molecule has 0 saturated heterocycles. The summed E-state index contributed by atoms with van der Waals surface area (Å²) in [6.07, 6.45) is 1.63. The van der Waals surface area contributed by atoms with Gasteiger partial charge < -0.3 is 14.8 Å². The maximum absolute atomic E-state index is 13.4. The van der Waals surface area contributed by atoms with Gasteiger partial charge in [0.1, 0.15) is 19.0 Å². The predicted octanol–water partition coefficient (Wildman–Crippen LogP) is 3.45. The summed E-state index contributed by atoms with van der Waals surface area (Å²) < 4.78 is 26.0. The van der Waals surface area contributed by atoms with Crippen LogP contribution in [0.25, 0.3) is 5.69 Å². The molecule has 144 valence electrons. The van der Waals surface area contributed by atoms with Crippen molar-refractivity contribution >= 4 is 5.91 Å². The molecular formula is C21H20FN3O3. The molecule has 2 heterocycles. The molecule has 1 aliphatic rings. The molecule has 1 aromatic heterocycles. The van der Waals surface area contributed by atoms with E-state index in [1.54, 1.807) is 24.4 Å². The van der Waals surface area contributed by atoms with E-state index in [4.69, 9.17) is 9.47 Å². The minimum absolute atomic E-state index is 0.245. The highest BCUT2D eigenvalue weighted by Crippen LogP contribution is 2.34. The summed E-state index contributed by atoms with van der Waals surface area (Å²) >= 11 is 0. The van der Waals surface area contributed by atoms with Crippen molar-refractivity contribution in [2.24, 2.45) is 0 Å². The van der Waals surface area contributed by atoms with Crippen molar-refractivity contribution in [2.45, 2.75) is 19.4 Å². The predicted molar refractivity (Wildman–Crippen MR) is 101 cm³/mol. The van der Waals surface area contributed by atoms with Crippen LogP contribution in [0, 0.1) is 5.82 Å². The number of hydrogen-bond donors (Lipinski definition) is 1. The molecule has 1 amide bonds. The first-order chi connectivity index (χ1) is 13.4. The fourth-order valence-corrected chi connectivity index (χ4v) is 3.06. The summed E-state index contributed by atoms with van der Waals surface area (Å²) in [5, 5.41) is 7.25. The number of fused-ring (bicyclic) bond motifs is 1. The number of nitrogens with zero attached hydrogens (tertiary/aromatic N) is 2. The number of nitrogens with one attached hydrogen (secondary N) is 1. The Balaban J connectivity index is 1.53. The van der Waals surface area contributed by atoms with Gasteiger partial charge in [-0.15, -0.1) is 0 Å². The fourth-order valence-electron chi connectivity index (χ4n) is 3.06. The molecule has 0 aliphatic carbocycles. The average molecular weight is 381 g/mol. The van der Waals surface area contributed by atoms with Crippen LogP contribution < -0.4 is 14.8 Å². The summed E-state index contributed by atoms with van der Waals surface area (Å²) in [5.41, 5.74) is 1.02. The summed E-state index contributed by atoms with van der Waals surface area (Å²) in [6.45, 7) is 4.83. The van der Waals surface area contributed by atoms with Crippen LogP contribution in [0.4, 0.5) is 4.39 Å². The molecular weight excluding hydrogens is 361 g/mol. The lowest BCUT2D eigenvalue weighted by atomic mass is 9.93. The molecule has 0 spiro atoms. The number of halogens is 1. The molecule has 0 atom stereocenters. The molecule has 4 rings (SSSR count). The summed E-state index contributed by atoms with van der Waals surface area (Å²) in [7, 11) is 0. The Labute approximate surface area is 161 Å². The number of rotatable bonds is 4. The van der Waals surface area contributed by atoms with Crippen molar-refractivity contribution in [3.8, 4) is 17.2 Å². The maximum atomic E-state index is 13.4. The third kappa shape index (κ3) is 3.55. The number of ether oxygens (including phenoxy) is 2. The molecule has 6 nitrogen and oxygen atoms in total. The van der Waals surface area contributed by atoms with E-state index in [1.807, 2.05) is 32.0 Å². The second-order valence-corrected chi connectivity index (χ2v) is 7.06. The van der Waals surface area contributed by atoms with E-state index in [-0.39, 0.29) is 17.4 Å². The SMILES string of the molecule is CC(C)(NC(=O)c1ccn(-c2cccc(F)c2)n1)c1ccc2c(c1)OCCO2. The van der Waals surface area contributed by atoms with Crippen molar-refractivity contribution in [1.29, 1.82) is 0 Å². The molecule has 3 aromatic rings. The van der Waals surface area contributed by atoms with E-state index in [0.717, 1.165) is 5.56 Å². The quantitative estimate of drug-likeness (QED) is 0.752. The maximum Gasteiger partial charge on any atom is 0.272 e. The van der Waals surface area contributed by atoms with Crippen LogP contribution in [0.1, 0.15) is 29.9 Å². The van der Waals surface area contributed by atoms with E-state index in [9.17, 15) is 9.18 Å². The zero-order valence-electron chi connectivity index (χ0n) is 15.6. The van der Waals surface area contributed by atoms with Gasteiger partial charge in [-0.05, 0) is 55.8 Å². The molecule has 2 aromatic carbocycles. The van der Waals surface area contributed by atoms with Crippen LogP contribution >= 0.6 is 0 Å². The van der Waals surface area contributed by atoms with Gasteiger partial charge in [0.05, 0.1) is 11.2 Å². The fraction of sp³-hybridized carbons (Fsp3) is 0.238. The number of hydrogen-bond acceptors (Lipinski definition) is 4. The molecule has 7 heteroatoms. The van der Waals surface area contributed by atoms with Crippen LogP contribution in [0.15, 0.2) is 54.7 Å². The number of amides is 1. The molecule has 0 saturated carbocycles. The summed E-state index contributed by atoms with van der Waals surface area (Å²) in [4.78, 5) is 12.7. The highest BCUT2D eigenvalue weighted by atomic mass is 19.1. The number of aromatic nitrogens is 2. The van der Waals surface area contributed by atoms with Gasteiger partial charge in [0.2, 0.25) is 0 Å². The Kier molecular flexibility index (Phi) is 4.50. The molecule has 1 N–H and O–H groups in total. The summed E-state index contributed by atoms with van der Waals surface area (Å²) in [5.74, 6) is 0.682. The standard InChI is InChI=1S/C21H20FN3O3/c1-21(2,14-6-7-18-19(12-14)28-11-10-27-18)23-20(26)17-8-9-25(24-17)16-5-3-4-15(22)13-16/h3-9,12-13H,10-11H2,1-2H3,(H,23,26). The van der Waals surface area contributed by atoms with Crippen LogP contribution in [-0.2, 0) is 5.54 Å². The van der Waals surface area contributed by atoms with Crippen LogP contribution in [0.2, 0.25) is 0 Å². The van der Waals surface area contributed by atoms with Crippen molar-refractivity contribution < 1.29 is 18.7 Å². The van der Waals surface area contributed by atoms with Gasteiger partial charge in [0.25, 0.3) is 5.91 Å². The molecule has 1 aliphatic heterocycles. The Bertz CT molecular complexity index is 1030. The van der Waals surface area contributed by atoms with Crippen molar-refractivity contribution in [1.82, 2.24) is 15.1 Å². The molecule has 28 heavy (non-hydrogen) atoms. The zero-order chi connectivity index (χ0) is 19.7. The number of carbonyl (C=O) groups is 1. The Morgan fingerprint density at radius 3 is 2.68 bits per heavy atom. The van der Waals surface area contributed by atoms with Gasteiger partial charge in [-0.2, -0.15) is 5.10 Å². The summed E-state index contributed by atoms with van der Waals surface area (Å²) in [6, 6.07) is 13.2. The zero-order valence-corrected chi connectivity index (χ0v) is 15.6. The normalized spacial score (nSPS) is 13.2. The average Bonchev–Trinajstić information content (AvgIpc) is 3.18. The van der Waals surface area contributed by atoms with Crippen LogP contribution in [-0.4, -0.2) is 28.9 Å². The molecule has 0 radical (unpaired) electrons. The van der Waals surface area contributed by atoms with Gasteiger partial charge in [-0.3, -0.25) is 4.79 Å². The highest BCUT2D eigenvalue weighted by Gasteiger charge is 2.26. The lowest BCUT2D eigenvalue weighted by Gasteiger charge is -2.28. The number of carbonyl (C=O) groups excluding carboxylic acids is 1. The van der Waals surface area contributed by atoms with Crippen LogP contribution in [0.5, 0.6) is 11.5 Å². The molecule has 0 fully saturated rings. The minimum atomic E-state index is -0.657. The van der Waals surface area contributed by atoms with E-state index in [1.165, 1.54) is 16.8 Å². The smallest absolute Gasteiger partial charge is 0.272 e. The Morgan fingerprint density at radius 2 is 1.89 bits per heavy atom. The second kappa shape index (κ2) is 6.99. The van der Waals surface area contributed by atoms with Crippen molar-refractivity contribution in [3.05, 3.63) is 71.8 Å². The first-order valence-electron chi connectivity index (χ1n) is 8.97. The van der Waals surface area contributed by atoms with Crippen molar-refractivity contribution in [3.63, 3.8) is 0 Å². The van der Waals surface area contributed by atoms with Gasteiger partial charge >= 0.3 is 0 Å². The molecule has 0 unspecified atom stereocenters. The number of benzene rings is 2. The van der Waals surface area contributed by atoms with Gasteiger partial charge in [0.15, 0.2) is 17.2 Å². The van der Waals surface area contributed by atoms with E-state index in [2.05, 4.69) is 10.4 Å². The monoisotopic (exact) mass is 381 g/mol. The Hall–Kier alpha value is -3.35. The van der Waals surface area contributed by atoms with Gasteiger partial charge in [-0.1, -0.05) is 12.1 Å².